The van der Waals surface area contributed by atoms with Crippen molar-refractivity contribution in [2.24, 2.45) is 0 Å². The Balaban J connectivity index is 1.26. The van der Waals surface area contributed by atoms with Crippen molar-refractivity contribution < 1.29 is 23.5 Å². The molecule has 1 saturated heterocycles. The lowest BCUT2D eigenvalue weighted by Gasteiger charge is -2.39. The van der Waals surface area contributed by atoms with E-state index in [0.717, 1.165) is 27.8 Å². The maximum atomic E-state index is 14.2. The van der Waals surface area contributed by atoms with Crippen molar-refractivity contribution in [3.05, 3.63) is 113 Å². The lowest BCUT2D eigenvalue weighted by Crippen LogP contribution is -2.51. The summed E-state index contributed by atoms with van der Waals surface area (Å²) >= 11 is 0. The van der Waals surface area contributed by atoms with Gasteiger partial charge in [-0.2, -0.15) is 0 Å². The van der Waals surface area contributed by atoms with Crippen LogP contribution in [0.3, 0.4) is 0 Å². The van der Waals surface area contributed by atoms with Gasteiger partial charge in [0.2, 0.25) is 0 Å². The van der Waals surface area contributed by atoms with Crippen LogP contribution in [0.15, 0.2) is 79.1 Å². The zero-order valence-corrected chi connectivity index (χ0v) is 23.4. The zero-order valence-electron chi connectivity index (χ0n) is 23.4. The Morgan fingerprint density at radius 3 is 2.44 bits per heavy atom. The minimum atomic E-state index is -0.344. The second kappa shape index (κ2) is 13.4. The van der Waals surface area contributed by atoms with Crippen molar-refractivity contribution >= 4 is 18.2 Å². The van der Waals surface area contributed by atoms with Gasteiger partial charge in [0.1, 0.15) is 12.4 Å². The summed E-state index contributed by atoms with van der Waals surface area (Å²) in [5.41, 5.74) is 4.73. The third kappa shape index (κ3) is 7.25. The van der Waals surface area contributed by atoms with Gasteiger partial charge in [-0.1, -0.05) is 60.7 Å². The fourth-order valence-electron chi connectivity index (χ4n) is 5.36. The number of urea groups is 1. The minimum Gasteiger partial charge on any atom is -0.501 e. The van der Waals surface area contributed by atoms with E-state index in [2.05, 4.69) is 0 Å². The number of likely N-dealkylation sites (tertiary alicyclic amines) is 1. The number of benzene rings is 3. The molecule has 0 bridgehead atoms. The van der Waals surface area contributed by atoms with Crippen LogP contribution in [0, 0.1) is 5.82 Å². The van der Waals surface area contributed by atoms with E-state index >= 15 is 0 Å². The van der Waals surface area contributed by atoms with Crippen LogP contribution in [0.1, 0.15) is 47.6 Å². The molecule has 2 heterocycles. The minimum absolute atomic E-state index is 0.0662. The van der Waals surface area contributed by atoms with Crippen molar-refractivity contribution in [2.45, 2.75) is 52.0 Å². The van der Waals surface area contributed by atoms with Gasteiger partial charge >= 0.3 is 12.1 Å². The summed E-state index contributed by atoms with van der Waals surface area (Å²) in [5, 5.41) is 0. The van der Waals surface area contributed by atoms with E-state index in [4.69, 9.17) is 9.47 Å². The molecule has 3 aromatic carbocycles. The molecule has 2 aliphatic heterocycles. The maximum absolute atomic E-state index is 14.2. The Labute approximate surface area is 240 Å². The van der Waals surface area contributed by atoms with Crippen molar-refractivity contribution in [3.8, 4) is 0 Å². The van der Waals surface area contributed by atoms with Gasteiger partial charge in [-0.05, 0) is 65.8 Å². The SMILES string of the molecule is CCO/C=C/c1ccc(CN2Cc3ccc(F)cc3CN(C3CCN(C(=O)OCc4ccccc4)CC3)C2=O)cc1. The molecule has 0 N–H and O–H groups in total. The van der Waals surface area contributed by atoms with E-state index in [-0.39, 0.29) is 30.6 Å². The number of carbonyl (C=O) groups is 2. The second-order valence-corrected chi connectivity index (χ2v) is 10.4. The monoisotopic (exact) mass is 557 g/mol. The molecule has 7 nitrogen and oxygen atoms in total. The zero-order chi connectivity index (χ0) is 28.6. The lowest BCUT2D eigenvalue weighted by atomic mass is 10.0. The molecule has 0 spiro atoms. The molecule has 0 atom stereocenters. The van der Waals surface area contributed by atoms with Gasteiger partial charge in [0, 0.05) is 38.8 Å². The van der Waals surface area contributed by atoms with E-state index in [0.29, 0.717) is 52.2 Å². The van der Waals surface area contributed by atoms with Gasteiger partial charge < -0.3 is 24.2 Å². The Morgan fingerprint density at radius 1 is 0.951 bits per heavy atom. The normalized spacial score (nSPS) is 16.0. The number of ether oxygens (including phenoxy) is 2. The van der Waals surface area contributed by atoms with Crippen molar-refractivity contribution in [3.63, 3.8) is 0 Å². The highest BCUT2D eigenvalue weighted by Gasteiger charge is 2.35. The van der Waals surface area contributed by atoms with E-state index in [1.807, 2.05) is 77.4 Å². The first-order valence-corrected chi connectivity index (χ1v) is 14.2. The Bertz CT molecular complexity index is 1350. The molecule has 5 rings (SSSR count). The molecule has 3 aromatic rings. The van der Waals surface area contributed by atoms with E-state index in [1.54, 1.807) is 17.2 Å². The maximum Gasteiger partial charge on any atom is 0.410 e. The number of fused-ring (bicyclic) bond motifs is 1. The first-order chi connectivity index (χ1) is 20.0. The highest BCUT2D eigenvalue weighted by Crippen LogP contribution is 2.28. The van der Waals surface area contributed by atoms with Crippen LogP contribution in [0.4, 0.5) is 14.0 Å². The number of hydrogen-bond acceptors (Lipinski definition) is 4. The lowest BCUT2D eigenvalue weighted by molar-refractivity contribution is 0.0674. The van der Waals surface area contributed by atoms with Crippen LogP contribution in [-0.4, -0.2) is 52.6 Å². The molecule has 41 heavy (non-hydrogen) atoms. The number of halogens is 1. The van der Waals surface area contributed by atoms with Gasteiger partial charge in [-0.3, -0.25) is 0 Å². The first-order valence-electron chi connectivity index (χ1n) is 14.2. The highest BCUT2D eigenvalue weighted by atomic mass is 19.1. The van der Waals surface area contributed by atoms with Crippen LogP contribution in [-0.2, 0) is 35.7 Å². The van der Waals surface area contributed by atoms with E-state index in [1.165, 1.54) is 12.1 Å². The molecule has 0 unspecified atom stereocenters. The molecule has 8 heteroatoms. The predicted molar refractivity (Wildman–Crippen MR) is 155 cm³/mol. The summed E-state index contributed by atoms with van der Waals surface area (Å²) in [4.78, 5) is 32.0. The van der Waals surface area contributed by atoms with Crippen LogP contribution in [0.5, 0.6) is 0 Å². The first kappa shape index (κ1) is 28.2. The summed E-state index contributed by atoms with van der Waals surface area (Å²) in [6, 6.07) is 22.2. The van der Waals surface area contributed by atoms with Gasteiger partial charge in [-0.25, -0.2) is 14.0 Å². The topological polar surface area (TPSA) is 62.3 Å². The number of hydrogen-bond donors (Lipinski definition) is 0. The Hall–Kier alpha value is -4.33. The summed E-state index contributed by atoms with van der Waals surface area (Å²) in [6.07, 6.45) is 4.50. The molecule has 1 fully saturated rings. The standard InChI is InChI=1S/C33H36FN3O4/c1-2-40-19-16-25-8-10-26(11-9-25)21-36-22-28-12-13-30(34)20-29(28)23-37(32(36)38)31-14-17-35(18-15-31)33(39)41-24-27-6-4-3-5-7-27/h3-13,16,19-20,31H,2,14-15,17-18,21-24H2,1H3/b19-16+. The molecular weight excluding hydrogens is 521 g/mol. The average molecular weight is 558 g/mol. The number of nitrogens with zero attached hydrogens (tertiary/aromatic N) is 3. The fourth-order valence-corrected chi connectivity index (χ4v) is 5.36. The Morgan fingerprint density at radius 2 is 1.71 bits per heavy atom. The highest BCUT2D eigenvalue weighted by molar-refractivity contribution is 5.76. The molecular formula is C33H36FN3O4. The van der Waals surface area contributed by atoms with Crippen LogP contribution in [0.25, 0.3) is 6.08 Å². The molecule has 0 aromatic heterocycles. The quantitative estimate of drug-likeness (QED) is 0.294. The second-order valence-electron chi connectivity index (χ2n) is 10.4. The van der Waals surface area contributed by atoms with Crippen molar-refractivity contribution in [1.29, 1.82) is 0 Å². The van der Waals surface area contributed by atoms with Gasteiger partial charge in [-0.15, -0.1) is 0 Å². The number of amides is 3. The van der Waals surface area contributed by atoms with Gasteiger partial charge in [0.05, 0.1) is 12.9 Å². The summed E-state index contributed by atoms with van der Waals surface area (Å²) in [7, 11) is 0. The third-order valence-electron chi connectivity index (χ3n) is 7.63. The third-order valence-corrected chi connectivity index (χ3v) is 7.63. The fraction of sp³-hybridized carbons (Fsp3) is 0.333. The average Bonchev–Trinajstić information content (AvgIpc) is 3.13. The van der Waals surface area contributed by atoms with E-state index < -0.39 is 0 Å². The molecule has 0 radical (unpaired) electrons. The predicted octanol–water partition coefficient (Wildman–Crippen LogP) is 6.57. The summed E-state index contributed by atoms with van der Waals surface area (Å²) in [6.45, 7) is 4.95. The summed E-state index contributed by atoms with van der Waals surface area (Å²) < 4.78 is 25.0. The molecule has 2 aliphatic rings. The van der Waals surface area contributed by atoms with Crippen molar-refractivity contribution in [1.82, 2.24) is 14.7 Å². The summed E-state index contributed by atoms with van der Waals surface area (Å²) in [5.74, 6) is -0.309. The van der Waals surface area contributed by atoms with Crippen LogP contribution in [0.2, 0.25) is 0 Å². The molecule has 3 amide bonds. The molecule has 0 saturated carbocycles. The number of rotatable bonds is 8. The van der Waals surface area contributed by atoms with Crippen LogP contribution < -0.4 is 0 Å². The van der Waals surface area contributed by atoms with Gasteiger partial charge in [0.15, 0.2) is 0 Å². The molecule has 0 aliphatic carbocycles. The smallest absolute Gasteiger partial charge is 0.410 e. The van der Waals surface area contributed by atoms with E-state index in [9.17, 15) is 14.0 Å². The number of piperidine rings is 1. The van der Waals surface area contributed by atoms with Gasteiger partial charge in [0.25, 0.3) is 0 Å². The number of carbonyl (C=O) groups excluding carboxylic acids is 2. The van der Waals surface area contributed by atoms with Crippen molar-refractivity contribution in [2.75, 3.05) is 19.7 Å². The Kier molecular flexibility index (Phi) is 9.19. The van der Waals surface area contributed by atoms with Crippen LogP contribution >= 0.6 is 0 Å². The largest absolute Gasteiger partial charge is 0.501 e. The molecule has 214 valence electrons.